The maximum Gasteiger partial charge on any atom is 0.331 e. The van der Waals surface area contributed by atoms with Gasteiger partial charge in [0.2, 0.25) is 5.91 Å². The average molecular weight is 408 g/mol. The van der Waals surface area contributed by atoms with Crippen molar-refractivity contribution in [2.24, 2.45) is 5.41 Å². The Kier molecular flexibility index (Phi) is 4.64. The molecule has 1 saturated heterocycles. The summed E-state index contributed by atoms with van der Waals surface area (Å²) < 4.78 is 14.7. The molecule has 0 saturated carbocycles. The molecule has 4 rings (SSSR count). The quantitative estimate of drug-likeness (QED) is 0.722. The molecular formula is C22H21FN4O3. The zero-order valence-corrected chi connectivity index (χ0v) is 16.9. The predicted octanol–water partition coefficient (Wildman–Crippen LogP) is 3.08. The first-order chi connectivity index (χ1) is 14.2. The van der Waals surface area contributed by atoms with Gasteiger partial charge in [-0.3, -0.25) is 9.59 Å². The molecule has 0 bridgehead atoms. The Balaban J connectivity index is 1.77. The molecule has 0 spiro atoms. The summed E-state index contributed by atoms with van der Waals surface area (Å²) in [5.41, 5.74) is 0.0564. The number of nitrogens with one attached hydrogen (secondary N) is 1. The van der Waals surface area contributed by atoms with Gasteiger partial charge in [0.1, 0.15) is 5.82 Å². The van der Waals surface area contributed by atoms with Gasteiger partial charge in [-0.25, -0.2) is 19.2 Å². The van der Waals surface area contributed by atoms with Crippen LogP contribution in [0.3, 0.4) is 0 Å². The van der Waals surface area contributed by atoms with E-state index in [2.05, 4.69) is 10.2 Å². The number of aromatic nitrogens is 2. The van der Waals surface area contributed by atoms with Gasteiger partial charge in [0.25, 0.3) is 5.56 Å². The number of nitrogens with zero attached hydrogens (tertiary/aromatic N) is 3. The largest absolute Gasteiger partial charge is 0.331 e. The molecule has 1 aliphatic heterocycles. The lowest BCUT2D eigenvalue weighted by atomic mass is 9.88. The Labute approximate surface area is 172 Å². The van der Waals surface area contributed by atoms with E-state index in [0.717, 1.165) is 4.90 Å². The van der Waals surface area contributed by atoms with Crippen LogP contribution in [0.4, 0.5) is 14.9 Å². The molecule has 1 aliphatic rings. The van der Waals surface area contributed by atoms with Crippen LogP contribution in [-0.2, 0) is 11.2 Å². The molecule has 154 valence electrons. The van der Waals surface area contributed by atoms with Crippen LogP contribution in [0, 0.1) is 11.2 Å². The molecule has 0 radical (unpaired) electrons. The van der Waals surface area contributed by atoms with E-state index in [1.54, 1.807) is 45.2 Å². The predicted molar refractivity (Wildman–Crippen MR) is 111 cm³/mol. The average Bonchev–Trinajstić information content (AvgIpc) is 2.71. The highest BCUT2D eigenvalue weighted by Gasteiger charge is 2.44. The molecule has 3 aromatic rings. The first kappa shape index (κ1) is 19.8. The van der Waals surface area contributed by atoms with Crippen molar-refractivity contribution >= 4 is 28.4 Å². The molecule has 2 heterocycles. The van der Waals surface area contributed by atoms with E-state index in [1.807, 2.05) is 6.07 Å². The summed E-state index contributed by atoms with van der Waals surface area (Å²) in [5, 5.41) is 7.82. The van der Waals surface area contributed by atoms with Crippen LogP contribution in [0.5, 0.6) is 0 Å². The number of carbonyl (C=O) groups is 2. The molecule has 3 amide bonds. The minimum absolute atomic E-state index is 0.0872. The van der Waals surface area contributed by atoms with E-state index in [9.17, 15) is 18.8 Å². The summed E-state index contributed by atoms with van der Waals surface area (Å²) in [7, 11) is 1.58. The van der Waals surface area contributed by atoms with Gasteiger partial charge in [0.05, 0.1) is 22.2 Å². The van der Waals surface area contributed by atoms with Gasteiger partial charge >= 0.3 is 6.03 Å². The number of urea groups is 1. The number of H-pyrrole nitrogens is 1. The third-order valence-corrected chi connectivity index (χ3v) is 5.33. The number of rotatable bonds is 3. The van der Waals surface area contributed by atoms with Crippen LogP contribution < -0.4 is 10.5 Å². The highest BCUT2D eigenvalue weighted by molar-refractivity contribution is 6.17. The fourth-order valence-electron chi connectivity index (χ4n) is 3.84. The van der Waals surface area contributed by atoms with Crippen molar-refractivity contribution in [2.45, 2.75) is 20.3 Å². The number of aromatic amines is 1. The lowest BCUT2D eigenvalue weighted by molar-refractivity contribution is -0.128. The van der Waals surface area contributed by atoms with Gasteiger partial charge in [0, 0.05) is 25.4 Å². The Morgan fingerprint density at radius 2 is 1.80 bits per heavy atom. The van der Waals surface area contributed by atoms with E-state index in [-0.39, 0.29) is 17.8 Å². The summed E-state index contributed by atoms with van der Waals surface area (Å²) in [6.07, 6.45) is 0.292. The van der Waals surface area contributed by atoms with Gasteiger partial charge in [-0.15, -0.1) is 0 Å². The number of hydrogen-bond donors (Lipinski definition) is 1. The van der Waals surface area contributed by atoms with E-state index in [4.69, 9.17) is 0 Å². The zero-order valence-electron chi connectivity index (χ0n) is 16.9. The molecule has 1 N–H and O–H groups in total. The van der Waals surface area contributed by atoms with Crippen LogP contribution in [0.1, 0.15) is 25.1 Å². The van der Waals surface area contributed by atoms with Crippen LogP contribution in [0.15, 0.2) is 47.3 Å². The second-order valence-electron chi connectivity index (χ2n) is 8.17. The Bertz CT molecular complexity index is 1230. The first-order valence-corrected chi connectivity index (χ1v) is 9.53. The highest BCUT2D eigenvalue weighted by atomic mass is 19.1. The SMILES string of the molecule is CN1CC(C)(C)C(=O)N(c2cc(Cc3n[nH]c(=O)c4ccccc34)ccc2F)C1=O. The second-order valence-corrected chi connectivity index (χ2v) is 8.17. The van der Waals surface area contributed by atoms with Crippen LogP contribution in [0.25, 0.3) is 10.8 Å². The number of halogens is 1. The maximum absolute atomic E-state index is 14.7. The topological polar surface area (TPSA) is 86.4 Å². The molecular weight excluding hydrogens is 387 g/mol. The van der Waals surface area contributed by atoms with Gasteiger partial charge in [-0.2, -0.15) is 5.10 Å². The summed E-state index contributed by atoms with van der Waals surface area (Å²) >= 11 is 0. The number of fused-ring (bicyclic) bond motifs is 1. The molecule has 1 fully saturated rings. The third-order valence-electron chi connectivity index (χ3n) is 5.33. The Hall–Kier alpha value is -3.55. The zero-order chi connectivity index (χ0) is 21.6. The fourth-order valence-corrected chi connectivity index (χ4v) is 3.84. The number of carbonyl (C=O) groups excluding carboxylic acids is 2. The van der Waals surface area contributed by atoms with Crippen molar-refractivity contribution in [3.05, 3.63) is 69.9 Å². The monoisotopic (exact) mass is 408 g/mol. The molecule has 8 heteroatoms. The van der Waals surface area contributed by atoms with Gasteiger partial charge in [-0.1, -0.05) is 24.3 Å². The lowest BCUT2D eigenvalue weighted by Gasteiger charge is -2.40. The van der Waals surface area contributed by atoms with Crippen molar-refractivity contribution in [3.63, 3.8) is 0 Å². The first-order valence-electron chi connectivity index (χ1n) is 9.53. The van der Waals surface area contributed by atoms with E-state index >= 15 is 0 Å². The van der Waals surface area contributed by atoms with Crippen molar-refractivity contribution in [1.29, 1.82) is 0 Å². The number of benzene rings is 2. The van der Waals surface area contributed by atoms with E-state index < -0.39 is 23.2 Å². The molecule has 7 nitrogen and oxygen atoms in total. The molecule has 0 unspecified atom stereocenters. The number of amides is 3. The normalized spacial score (nSPS) is 16.4. The minimum atomic E-state index is -0.832. The Morgan fingerprint density at radius 3 is 2.53 bits per heavy atom. The molecule has 1 aromatic heterocycles. The van der Waals surface area contributed by atoms with Crippen LogP contribution in [0.2, 0.25) is 0 Å². The smallest absolute Gasteiger partial charge is 0.326 e. The van der Waals surface area contributed by atoms with E-state index in [1.165, 1.54) is 17.0 Å². The maximum atomic E-state index is 14.7. The van der Waals surface area contributed by atoms with Crippen molar-refractivity contribution < 1.29 is 14.0 Å². The van der Waals surface area contributed by atoms with Crippen molar-refractivity contribution in [2.75, 3.05) is 18.5 Å². The molecule has 30 heavy (non-hydrogen) atoms. The van der Waals surface area contributed by atoms with Crippen molar-refractivity contribution in [1.82, 2.24) is 15.1 Å². The highest BCUT2D eigenvalue weighted by Crippen LogP contribution is 2.32. The third kappa shape index (κ3) is 3.24. The fraction of sp³-hybridized carbons (Fsp3) is 0.273. The minimum Gasteiger partial charge on any atom is -0.326 e. The van der Waals surface area contributed by atoms with Crippen LogP contribution >= 0.6 is 0 Å². The number of imide groups is 1. The molecule has 0 aliphatic carbocycles. The summed E-state index contributed by atoms with van der Waals surface area (Å²) in [4.78, 5) is 39.9. The summed E-state index contributed by atoms with van der Waals surface area (Å²) in [5.74, 6) is -1.11. The lowest BCUT2D eigenvalue weighted by Crippen LogP contribution is -2.59. The van der Waals surface area contributed by atoms with Crippen LogP contribution in [-0.4, -0.2) is 40.6 Å². The van der Waals surface area contributed by atoms with Gasteiger partial charge in [-0.05, 0) is 37.6 Å². The van der Waals surface area contributed by atoms with E-state index in [0.29, 0.717) is 28.5 Å². The molecule has 0 atom stereocenters. The Morgan fingerprint density at radius 1 is 1.10 bits per heavy atom. The van der Waals surface area contributed by atoms with Gasteiger partial charge < -0.3 is 4.90 Å². The van der Waals surface area contributed by atoms with Gasteiger partial charge in [0.15, 0.2) is 0 Å². The second kappa shape index (κ2) is 7.05. The number of anilines is 1. The summed E-state index contributed by atoms with van der Waals surface area (Å²) in [6, 6.07) is 10.8. The van der Waals surface area contributed by atoms with Crippen molar-refractivity contribution in [3.8, 4) is 0 Å². The standard InChI is InChI=1S/C22H21FN4O3/c1-22(2)12-26(3)21(30)27(20(22)29)18-11-13(8-9-16(18)23)10-17-14-6-4-5-7-15(14)19(28)25-24-17/h4-9,11H,10,12H2,1-3H3,(H,25,28). The summed E-state index contributed by atoms with van der Waals surface area (Å²) in [6.45, 7) is 3.71. The number of hydrogen-bond acceptors (Lipinski definition) is 4. The molecule has 2 aromatic carbocycles.